The summed E-state index contributed by atoms with van der Waals surface area (Å²) < 4.78 is 0. The number of phenolic OH excluding ortho intramolecular Hbond substituents is 1. The third kappa shape index (κ3) is 4.52. The molecular formula is C26H22N4O2. The molecule has 0 spiro atoms. The highest BCUT2D eigenvalue weighted by Crippen LogP contribution is 2.39. The molecule has 0 saturated heterocycles. The van der Waals surface area contributed by atoms with E-state index in [0.29, 0.717) is 5.82 Å². The summed E-state index contributed by atoms with van der Waals surface area (Å²) >= 11 is 0. The minimum Gasteiger partial charge on any atom is -0.508 e. The van der Waals surface area contributed by atoms with Gasteiger partial charge in [0.05, 0.1) is 17.7 Å². The number of aromatic hydroxyl groups is 1. The maximum absolute atomic E-state index is 11.1. The molecular weight excluding hydrogens is 400 g/mol. The Balaban J connectivity index is 1.87. The molecule has 0 atom stereocenters. The highest BCUT2D eigenvalue weighted by molar-refractivity contribution is 5.95. The Labute approximate surface area is 186 Å². The van der Waals surface area contributed by atoms with Crippen molar-refractivity contribution in [1.82, 2.24) is 15.3 Å². The van der Waals surface area contributed by atoms with E-state index in [1.807, 2.05) is 66.4 Å². The SMILES string of the molecule is CC(=O)NCC#Cc1ccc2ncnc(N(c3ccccc3)c3ccc(O)cc3C)c2c1. The predicted molar refractivity (Wildman–Crippen MR) is 126 cm³/mol. The predicted octanol–water partition coefficient (Wildman–Crippen LogP) is 4.60. The quantitative estimate of drug-likeness (QED) is 0.470. The van der Waals surface area contributed by atoms with Crippen molar-refractivity contribution < 1.29 is 9.90 Å². The number of nitrogens with zero attached hydrogens (tertiary/aromatic N) is 3. The number of carbonyl (C=O) groups excluding carboxylic acids is 1. The smallest absolute Gasteiger partial charge is 0.217 e. The van der Waals surface area contributed by atoms with Crippen molar-refractivity contribution in [3.05, 3.63) is 84.2 Å². The molecule has 1 aromatic heterocycles. The zero-order chi connectivity index (χ0) is 22.5. The molecule has 0 fully saturated rings. The first-order valence-electron chi connectivity index (χ1n) is 10.2. The molecule has 0 radical (unpaired) electrons. The molecule has 0 bridgehead atoms. The number of hydrogen-bond donors (Lipinski definition) is 2. The lowest BCUT2D eigenvalue weighted by atomic mass is 10.1. The number of rotatable bonds is 4. The second kappa shape index (κ2) is 9.19. The Morgan fingerprint density at radius 1 is 1.06 bits per heavy atom. The van der Waals surface area contributed by atoms with Crippen LogP contribution in [0.5, 0.6) is 5.75 Å². The summed E-state index contributed by atoms with van der Waals surface area (Å²) in [5.74, 6) is 6.85. The third-order valence-electron chi connectivity index (χ3n) is 4.92. The molecule has 1 amide bonds. The second-order valence-corrected chi connectivity index (χ2v) is 7.28. The van der Waals surface area contributed by atoms with Crippen LogP contribution in [0, 0.1) is 18.8 Å². The van der Waals surface area contributed by atoms with E-state index in [-0.39, 0.29) is 18.2 Å². The number of hydrogen-bond acceptors (Lipinski definition) is 5. The molecule has 0 aliphatic heterocycles. The Bertz CT molecular complexity index is 1340. The summed E-state index contributed by atoms with van der Waals surface area (Å²) in [6.45, 7) is 3.70. The van der Waals surface area contributed by atoms with Crippen molar-refractivity contribution in [2.75, 3.05) is 11.4 Å². The van der Waals surface area contributed by atoms with Gasteiger partial charge < -0.3 is 10.4 Å². The van der Waals surface area contributed by atoms with Gasteiger partial charge in [0.1, 0.15) is 17.9 Å². The van der Waals surface area contributed by atoms with E-state index in [4.69, 9.17) is 0 Å². The van der Waals surface area contributed by atoms with Crippen LogP contribution in [0.15, 0.2) is 73.1 Å². The average molecular weight is 422 g/mol. The van der Waals surface area contributed by atoms with Crippen LogP contribution in [0.4, 0.5) is 17.2 Å². The van der Waals surface area contributed by atoms with Gasteiger partial charge in [-0.3, -0.25) is 9.69 Å². The third-order valence-corrected chi connectivity index (χ3v) is 4.92. The van der Waals surface area contributed by atoms with Crippen LogP contribution < -0.4 is 10.2 Å². The lowest BCUT2D eigenvalue weighted by Crippen LogP contribution is -2.19. The Kier molecular flexibility index (Phi) is 6.00. The second-order valence-electron chi connectivity index (χ2n) is 7.28. The summed E-state index contributed by atoms with van der Waals surface area (Å²) in [5.41, 5.74) is 4.33. The van der Waals surface area contributed by atoms with E-state index < -0.39 is 0 Å². The first-order chi connectivity index (χ1) is 15.5. The zero-order valence-corrected chi connectivity index (χ0v) is 17.8. The molecule has 1 heterocycles. The first-order valence-corrected chi connectivity index (χ1v) is 10.2. The van der Waals surface area contributed by atoms with Crippen LogP contribution in [-0.2, 0) is 4.79 Å². The van der Waals surface area contributed by atoms with Gasteiger partial charge in [-0.05, 0) is 61.0 Å². The number of fused-ring (bicyclic) bond motifs is 1. The number of aryl methyl sites for hydroxylation is 1. The van der Waals surface area contributed by atoms with Crippen molar-refractivity contribution in [1.29, 1.82) is 0 Å². The van der Waals surface area contributed by atoms with Crippen LogP contribution in [0.1, 0.15) is 18.1 Å². The number of amides is 1. The van der Waals surface area contributed by atoms with E-state index in [1.54, 1.807) is 18.5 Å². The van der Waals surface area contributed by atoms with E-state index in [0.717, 1.165) is 33.4 Å². The molecule has 158 valence electrons. The van der Waals surface area contributed by atoms with E-state index >= 15 is 0 Å². The standard InChI is InChI=1S/C26H22N4O2/c1-18-15-22(32)11-13-25(18)30(21-8-4-3-5-9-21)26-23-16-20(7-6-14-27-19(2)31)10-12-24(23)28-17-29-26/h3-5,8-13,15-17,32H,14H2,1-2H3,(H,27,31). The fourth-order valence-corrected chi connectivity index (χ4v) is 3.46. The zero-order valence-electron chi connectivity index (χ0n) is 17.8. The number of benzene rings is 3. The molecule has 0 aliphatic rings. The fraction of sp³-hybridized carbons (Fsp3) is 0.115. The van der Waals surface area contributed by atoms with Gasteiger partial charge in [-0.15, -0.1) is 0 Å². The summed E-state index contributed by atoms with van der Waals surface area (Å²) in [4.78, 5) is 22.2. The lowest BCUT2D eigenvalue weighted by molar-refractivity contribution is -0.118. The van der Waals surface area contributed by atoms with Crippen molar-refractivity contribution in [2.45, 2.75) is 13.8 Å². The van der Waals surface area contributed by atoms with E-state index in [2.05, 4.69) is 27.1 Å². The molecule has 6 heteroatoms. The van der Waals surface area contributed by atoms with Gasteiger partial charge >= 0.3 is 0 Å². The van der Waals surface area contributed by atoms with Crippen molar-refractivity contribution in [3.8, 4) is 17.6 Å². The van der Waals surface area contributed by atoms with Crippen LogP contribution in [0.2, 0.25) is 0 Å². The normalized spacial score (nSPS) is 10.3. The van der Waals surface area contributed by atoms with Crippen molar-refractivity contribution in [3.63, 3.8) is 0 Å². The fourth-order valence-electron chi connectivity index (χ4n) is 3.46. The van der Waals surface area contributed by atoms with Crippen molar-refractivity contribution in [2.24, 2.45) is 0 Å². The Morgan fingerprint density at radius 2 is 1.88 bits per heavy atom. The van der Waals surface area contributed by atoms with Crippen LogP contribution in [-0.4, -0.2) is 27.5 Å². The number of anilines is 3. The molecule has 0 aliphatic carbocycles. The molecule has 4 rings (SSSR count). The van der Waals surface area contributed by atoms with E-state index in [1.165, 1.54) is 6.92 Å². The van der Waals surface area contributed by atoms with Gasteiger partial charge in [0.2, 0.25) is 5.91 Å². The Hall–Kier alpha value is -4.37. The van der Waals surface area contributed by atoms with Crippen molar-refractivity contribution >= 4 is 34.0 Å². The highest BCUT2D eigenvalue weighted by atomic mass is 16.3. The van der Waals surface area contributed by atoms with Gasteiger partial charge in [-0.1, -0.05) is 30.0 Å². The van der Waals surface area contributed by atoms with Crippen LogP contribution in [0.25, 0.3) is 10.9 Å². The largest absolute Gasteiger partial charge is 0.508 e. The average Bonchev–Trinajstić information content (AvgIpc) is 2.79. The number of nitrogens with one attached hydrogen (secondary N) is 1. The van der Waals surface area contributed by atoms with Gasteiger partial charge in [-0.25, -0.2) is 9.97 Å². The first kappa shape index (κ1) is 20.9. The summed E-state index contributed by atoms with van der Waals surface area (Å²) in [6, 6.07) is 21.0. The number of phenols is 1. The monoisotopic (exact) mass is 422 g/mol. The molecule has 4 aromatic rings. The molecule has 2 N–H and O–H groups in total. The van der Waals surface area contributed by atoms with Gasteiger partial charge in [-0.2, -0.15) is 0 Å². The molecule has 6 nitrogen and oxygen atoms in total. The summed E-state index contributed by atoms with van der Waals surface area (Å²) in [5, 5.41) is 13.4. The van der Waals surface area contributed by atoms with Crippen LogP contribution >= 0.6 is 0 Å². The molecule has 32 heavy (non-hydrogen) atoms. The molecule has 0 saturated carbocycles. The molecule has 3 aromatic carbocycles. The van der Waals surface area contributed by atoms with Crippen LogP contribution in [0.3, 0.4) is 0 Å². The summed E-state index contributed by atoms with van der Waals surface area (Å²) in [6.07, 6.45) is 1.55. The topological polar surface area (TPSA) is 78.4 Å². The van der Waals surface area contributed by atoms with E-state index in [9.17, 15) is 9.90 Å². The maximum atomic E-state index is 11.1. The number of para-hydroxylation sites is 1. The molecule has 0 unspecified atom stereocenters. The highest BCUT2D eigenvalue weighted by Gasteiger charge is 2.19. The van der Waals surface area contributed by atoms with Gasteiger partial charge in [0.25, 0.3) is 0 Å². The maximum Gasteiger partial charge on any atom is 0.217 e. The minimum absolute atomic E-state index is 0.115. The lowest BCUT2D eigenvalue weighted by Gasteiger charge is -2.26. The van der Waals surface area contributed by atoms with Gasteiger partial charge in [0, 0.05) is 23.6 Å². The Morgan fingerprint density at radius 3 is 2.62 bits per heavy atom. The number of aromatic nitrogens is 2. The summed E-state index contributed by atoms with van der Waals surface area (Å²) in [7, 11) is 0. The minimum atomic E-state index is -0.115. The number of carbonyl (C=O) groups is 1. The van der Waals surface area contributed by atoms with Gasteiger partial charge in [0.15, 0.2) is 0 Å².